The molecule has 1 saturated carbocycles. The number of hydrogen-bond acceptors (Lipinski definition) is 11. The van der Waals surface area contributed by atoms with Crippen LogP contribution >= 0.6 is 12.6 Å². The molecule has 4 aliphatic rings. The number of benzene rings is 1. The van der Waals surface area contributed by atoms with Gasteiger partial charge in [0, 0.05) is 68.7 Å². The van der Waals surface area contributed by atoms with Crippen LogP contribution in [0.3, 0.4) is 0 Å². The predicted molar refractivity (Wildman–Crippen MR) is 206 cm³/mol. The van der Waals surface area contributed by atoms with E-state index >= 15 is 0 Å². The lowest BCUT2D eigenvalue weighted by molar-refractivity contribution is -0.138. The van der Waals surface area contributed by atoms with E-state index < -0.39 is 28.3 Å². The van der Waals surface area contributed by atoms with E-state index in [0.29, 0.717) is 44.0 Å². The first-order chi connectivity index (χ1) is 26.6. The van der Waals surface area contributed by atoms with E-state index in [1.54, 1.807) is 38.2 Å². The van der Waals surface area contributed by atoms with Gasteiger partial charge in [-0.3, -0.25) is 39.3 Å². The summed E-state index contributed by atoms with van der Waals surface area (Å²) in [6, 6.07) is 9.25. The highest BCUT2D eigenvalue weighted by molar-refractivity contribution is 7.81. The monoisotopic (exact) mass is 799 g/mol. The molecular weight excluding hydrogens is 748 g/mol. The zero-order valence-electron chi connectivity index (χ0n) is 32.4. The molecule has 3 aliphatic heterocycles. The average molecular weight is 800 g/mol. The van der Waals surface area contributed by atoms with Gasteiger partial charge in [-0.15, -0.1) is 12.6 Å². The third-order valence-corrected chi connectivity index (χ3v) is 12.2. The first kappa shape index (κ1) is 41.9. The number of piperazine rings is 1. The Labute approximate surface area is 332 Å². The standard InChI is InChI=1S/C40H52F3N7O5S/c1-25-23-47(24-26(2)48(25)16-5-18-55-35-20-27(14-15-45-35)32-12-13-34(51)46-36(32)52)17-19-54-31-10-8-29(9-11-31)50-38(56)49(37(53)39(50,3)4)30-7-6-28(22-44)33(21-30)40(41,42)43/h6-7,14-15,20-21,25-26,29,31-32,38,56H,5,8-13,16-19,23-24H2,1-4H3,(H,46,51,52)/t25-,26+,29?,31?,32?,38?. The second kappa shape index (κ2) is 17.4. The van der Waals surface area contributed by atoms with Crippen LogP contribution < -0.4 is 15.0 Å². The number of ether oxygens (including phenoxy) is 2. The maximum Gasteiger partial charge on any atom is 0.417 e. The summed E-state index contributed by atoms with van der Waals surface area (Å²) in [5, 5.41) is 11.6. The van der Waals surface area contributed by atoms with Crippen molar-refractivity contribution in [1.82, 2.24) is 25.0 Å². The van der Waals surface area contributed by atoms with E-state index in [-0.39, 0.29) is 41.5 Å². The third kappa shape index (κ3) is 9.18. The fraction of sp³-hybridized carbons (Fsp3) is 0.625. The minimum atomic E-state index is -4.73. The number of halogens is 3. The molecule has 3 amide bonds. The summed E-state index contributed by atoms with van der Waals surface area (Å²) in [4.78, 5) is 50.0. The molecule has 2 unspecified atom stereocenters. The molecule has 4 atom stereocenters. The van der Waals surface area contributed by atoms with Gasteiger partial charge in [0.2, 0.25) is 23.6 Å². The van der Waals surface area contributed by atoms with Crippen molar-refractivity contribution in [3.8, 4) is 11.9 Å². The van der Waals surface area contributed by atoms with Crippen molar-refractivity contribution in [2.45, 2.75) is 120 Å². The van der Waals surface area contributed by atoms with Gasteiger partial charge in [0.05, 0.1) is 48.0 Å². The quantitative estimate of drug-likeness (QED) is 0.165. The van der Waals surface area contributed by atoms with Gasteiger partial charge in [-0.05, 0) is 96.0 Å². The smallest absolute Gasteiger partial charge is 0.417 e. The molecule has 4 heterocycles. The number of hydrogen-bond donors (Lipinski definition) is 2. The number of carbonyl (C=O) groups is 3. The van der Waals surface area contributed by atoms with Crippen molar-refractivity contribution < 1.29 is 37.0 Å². The Morgan fingerprint density at radius 3 is 2.38 bits per heavy atom. The van der Waals surface area contributed by atoms with Crippen LogP contribution in [-0.4, -0.2) is 112 Å². The number of anilines is 1. The molecule has 4 fully saturated rings. The second-order valence-corrected chi connectivity index (χ2v) is 16.4. The number of nitrogens with one attached hydrogen (secondary N) is 1. The van der Waals surface area contributed by atoms with Crippen molar-refractivity contribution in [3.05, 3.63) is 53.2 Å². The van der Waals surface area contributed by atoms with Crippen molar-refractivity contribution in [3.63, 3.8) is 0 Å². The molecule has 6 rings (SSSR count). The first-order valence-corrected chi connectivity index (χ1v) is 20.0. The van der Waals surface area contributed by atoms with Gasteiger partial charge in [-0.25, -0.2) is 4.98 Å². The fourth-order valence-corrected chi connectivity index (χ4v) is 9.63. The van der Waals surface area contributed by atoms with E-state index in [1.165, 1.54) is 11.0 Å². The molecule has 1 aromatic heterocycles. The molecule has 0 radical (unpaired) electrons. The number of rotatable bonds is 12. The minimum absolute atomic E-state index is 0.00112. The van der Waals surface area contributed by atoms with Gasteiger partial charge < -0.3 is 9.47 Å². The van der Waals surface area contributed by atoms with Gasteiger partial charge in [0.15, 0.2) is 0 Å². The summed E-state index contributed by atoms with van der Waals surface area (Å²) in [5.74, 6) is -0.753. The number of carbonyl (C=O) groups excluding carboxylic acids is 3. The zero-order valence-corrected chi connectivity index (χ0v) is 33.3. The van der Waals surface area contributed by atoms with Crippen LogP contribution in [0, 0.1) is 11.3 Å². The van der Waals surface area contributed by atoms with Crippen molar-refractivity contribution in [1.29, 1.82) is 5.26 Å². The summed E-state index contributed by atoms with van der Waals surface area (Å²) in [6.07, 6.45) is 1.77. The molecule has 1 N–H and O–H groups in total. The van der Waals surface area contributed by atoms with Gasteiger partial charge in [0.25, 0.3) is 0 Å². The number of aromatic nitrogens is 1. The topological polar surface area (TPSA) is 131 Å². The Bertz CT molecular complexity index is 1790. The van der Waals surface area contributed by atoms with Crippen LogP contribution in [0.2, 0.25) is 0 Å². The number of amides is 3. The van der Waals surface area contributed by atoms with Gasteiger partial charge in [-0.1, -0.05) is 0 Å². The lowest BCUT2D eigenvalue weighted by atomic mass is 9.89. The normalized spacial score (nSPS) is 28.0. The average Bonchev–Trinajstić information content (AvgIpc) is 3.32. The Kier molecular flexibility index (Phi) is 13.0. The van der Waals surface area contributed by atoms with E-state index in [0.717, 1.165) is 76.0 Å². The van der Waals surface area contributed by atoms with Crippen LogP contribution in [-0.2, 0) is 25.3 Å². The van der Waals surface area contributed by atoms with Crippen LogP contribution in [0.15, 0.2) is 36.5 Å². The Balaban J connectivity index is 0.919. The molecule has 2 aromatic rings. The highest BCUT2D eigenvalue weighted by Crippen LogP contribution is 2.43. The van der Waals surface area contributed by atoms with Gasteiger partial charge >= 0.3 is 6.18 Å². The number of imide groups is 1. The van der Waals surface area contributed by atoms with Gasteiger partial charge in [0.1, 0.15) is 5.50 Å². The first-order valence-electron chi connectivity index (χ1n) is 19.5. The number of alkyl halides is 3. The fourth-order valence-electron chi connectivity index (χ4n) is 8.92. The summed E-state index contributed by atoms with van der Waals surface area (Å²) < 4.78 is 53.5. The van der Waals surface area contributed by atoms with E-state index in [9.17, 15) is 32.8 Å². The van der Waals surface area contributed by atoms with Crippen LogP contribution in [0.4, 0.5) is 18.9 Å². The molecule has 12 nitrogen and oxygen atoms in total. The zero-order chi connectivity index (χ0) is 40.4. The lowest BCUT2D eigenvalue weighted by Crippen LogP contribution is -2.57. The summed E-state index contributed by atoms with van der Waals surface area (Å²) >= 11 is 4.77. The SMILES string of the molecule is C[C@@H]1CN(CCOC2CCC(N3C(S)N(c4ccc(C#N)c(C(F)(F)F)c4)C(=O)C3(C)C)CC2)C[C@H](C)N1CCCOc1cc(C2CCC(=O)NC2=O)ccn1. The van der Waals surface area contributed by atoms with Crippen LogP contribution in [0.5, 0.6) is 5.88 Å². The Morgan fingerprint density at radius 2 is 1.71 bits per heavy atom. The Morgan fingerprint density at radius 1 is 1.00 bits per heavy atom. The molecule has 304 valence electrons. The summed E-state index contributed by atoms with van der Waals surface area (Å²) in [7, 11) is 0. The molecular formula is C40H52F3N7O5S. The summed E-state index contributed by atoms with van der Waals surface area (Å²) in [5.41, 5.74) is -2.44. The second-order valence-electron chi connectivity index (χ2n) is 16.0. The van der Waals surface area contributed by atoms with Crippen molar-refractivity contribution in [2.75, 3.05) is 44.3 Å². The van der Waals surface area contributed by atoms with E-state index in [4.69, 9.17) is 22.1 Å². The van der Waals surface area contributed by atoms with E-state index in [2.05, 4.69) is 33.9 Å². The highest BCUT2D eigenvalue weighted by atomic mass is 32.1. The largest absolute Gasteiger partial charge is 0.478 e. The maximum atomic E-state index is 13.7. The third-order valence-electron chi connectivity index (χ3n) is 11.8. The maximum absolute atomic E-state index is 13.7. The molecule has 0 bridgehead atoms. The predicted octanol–water partition coefficient (Wildman–Crippen LogP) is 5.32. The molecule has 1 aliphatic carbocycles. The summed E-state index contributed by atoms with van der Waals surface area (Å²) in [6.45, 7) is 12.7. The molecule has 1 aromatic carbocycles. The number of nitriles is 1. The molecule has 16 heteroatoms. The van der Waals surface area contributed by atoms with Gasteiger partial charge in [-0.2, -0.15) is 18.4 Å². The number of pyridine rings is 1. The number of thiol groups is 1. The molecule has 0 spiro atoms. The highest BCUT2D eigenvalue weighted by Gasteiger charge is 2.54. The van der Waals surface area contributed by atoms with E-state index in [1.807, 2.05) is 4.90 Å². The molecule has 56 heavy (non-hydrogen) atoms. The minimum Gasteiger partial charge on any atom is -0.478 e. The van der Waals surface area contributed by atoms with Crippen molar-refractivity contribution in [2.24, 2.45) is 0 Å². The van der Waals surface area contributed by atoms with Crippen molar-refractivity contribution >= 4 is 36.0 Å². The van der Waals surface area contributed by atoms with Crippen LogP contribution in [0.25, 0.3) is 0 Å². The van der Waals surface area contributed by atoms with Crippen LogP contribution in [0.1, 0.15) is 95.2 Å². The number of nitrogens with zero attached hydrogens (tertiary/aromatic N) is 6. The lowest BCUT2D eigenvalue weighted by Gasteiger charge is -2.44. The molecule has 3 saturated heterocycles. The number of piperidine rings is 1. The Hall–Kier alpha value is -3.75.